The third-order valence-electron chi connectivity index (χ3n) is 18.0. The van der Waals surface area contributed by atoms with Crippen molar-refractivity contribution >= 4 is 87.3 Å². The summed E-state index contributed by atoms with van der Waals surface area (Å²) in [5.41, 5.74) is 23.3. The van der Waals surface area contributed by atoms with Gasteiger partial charge in [-0.1, -0.05) is 60.7 Å². The molecule has 8 aromatic carbocycles. The number of fused-ring (bicyclic) bond motifs is 1. The fraction of sp³-hybridized carbons (Fsp3) is 0.275. The van der Waals surface area contributed by atoms with Crippen LogP contribution < -0.4 is 0 Å². The van der Waals surface area contributed by atoms with Gasteiger partial charge in [-0.3, -0.25) is 4.79 Å². The highest BCUT2D eigenvalue weighted by Crippen LogP contribution is 2.88. The van der Waals surface area contributed by atoms with Crippen molar-refractivity contribution in [1.29, 1.82) is 0 Å². The fourth-order valence-electron chi connectivity index (χ4n) is 17.2. The number of hydrogen-bond donors (Lipinski definition) is 0. The van der Waals surface area contributed by atoms with Crippen LogP contribution in [-0.4, -0.2) is 13.1 Å². The van der Waals surface area contributed by atoms with Crippen molar-refractivity contribution in [2.45, 2.75) is 61.2 Å². The Morgan fingerprint density at radius 1 is 0.698 bits per heavy atom. The molecule has 2 heteroatoms. The van der Waals surface area contributed by atoms with Crippen molar-refractivity contribution in [2.75, 3.05) is 7.11 Å². The number of ether oxygens (including phenoxy) is 1. The van der Waals surface area contributed by atoms with Gasteiger partial charge in [-0.2, -0.15) is 0 Å². The van der Waals surface area contributed by atoms with Gasteiger partial charge in [-0.05, 0) is 186 Å². The van der Waals surface area contributed by atoms with Gasteiger partial charge in [-0.15, -0.1) is 0 Å². The number of esters is 1. The van der Waals surface area contributed by atoms with E-state index >= 15 is 0 Å². The second-order valence-electron chi connectivity index (χ2n) is 19.0. The molecule has 53 heavy (non-hydrogen) atoms. The summed E-state index contributed by atoms with van der Waals surface area (Å²) in [7, 11) is 1.55. The fourth-order valence-corrected chi connectivity index (χ4v) is 17.2. The summed E-state index contributed by atoms with van der Waals surface area (Å²) in [6, 6.07) is 16.9. The van der Waals surface area contributed by atoms with Gasteiger partial charge in [0, 0.05) is 35.0 Å². The molecule has 246 valence electrons. The maximum Gasteiger partial charge on any atom is 0.305 e. The third kappa shape index (κ3) is 1.94. The van der Waals surface area contributed by atoms with Crippen molar-refractivity contribution in [3.63, 3.8) is 0 Å². The topological polar surface area (TPSA) is 26.3 Å². The van der Waals surface area contributed by atoms with E-state index in [4.69, 9.17) is 4.74 Å². The summed E-state index contributed by atoms with van der Waals surface area (Å²) in [5.74, 6) is 2.20. The summed E-state index contributed by atoms with van der Waals surface area (Å²) >= 11 is 0. The maximum atomic E-state index is 12.7. The predicted octanol–water partition coefficient (Wildman–Crippen LogP) is 10.9. The molecule has 0 heterocycles. The van der Waals surface area contributed by atoms with Crippen LogP contribution in [0.4, 0.5) is 0 Å². The molecule has 7 unspecified atom stereocenters. The monoisotopic (exact) mass is 674 g/mol. The number of rotatable bonds is 5. The Morgan fingerprint density at radius 2 is 1.34 bits per heavy atom. The van der Waals surface area contributed by atoms with Crippen LogP contribution in [0.3, 0.4) is 0 Å². The van der Waals surface area contributed by atoms with Crippen LogP contribution in [0.2, 0.25) is 0 Å². The minimum absolute atomic E-state index is 0.0129. The lowest BCUT2D eigenvalue weighted by molar-refractivity contribution is -0.140. The zero-order valence-corrected chi connectivity index (χ0v) is 29.2. The minimum Gasteiger partial charge on any atom is -0.469 e. The number of allylic oxidation sites excluding steroid dienone is 6. The van der Waals surface area contributed by atoms with E-state index in [1.54, 1.807) is 139 Å². The molecule has 1 saturated carbocycles. The molecule has 2 nitrogen and oxygen atoms in total. The molecule has 0 aromatic heterocycles. The van der Waals surface area contributed by atoms with Crippen LogP contribution in [-0.2, 0) is 33.2 Å². The van der Waals surface area contributed by atoms with E-state index < -0.39 is 0 Å². The molecule has 0 radical (unpaired) electrons. The highest BCUT2D eigenvalue weighted by atomic mass is 16.5. The number of carbonyl (C=O) groups is 1. The molecule has 0 saturated heterocycles. The third-order valence-corrected chi connectivity index (χ3v) is 18.0. The van der Waals surface area contributed by atoms with Crippen LogP contribution in [0.1, 0.15) is 98.7 Å². The van der Waals surface area contributed by atoms with Crippen LogP contribution in [0, 0.1) is 17.8 Å². The molecule has 0 N–H and O–H groups in total. The molecule has 0 aliphatic heterocycles. The van der Waals surface area contributed by atoms with E-state index in [0.29, 0.717) is 36.0 Å². The first kappa shape index (κ1) is 24.9. The van der Waals surface area contributed by atoms with Crippen molar-refractivity contribution in [2.24, 2.45) is 17.8 Å². The van der Waals surface area contributed by atoms with Crippen molar-refractivity contribution in [3.8, 4) is 0 Å². The number of methoxy groups -OCH3 is 1. The second-order valence-corrected chi connectivity index (χ2v) is 19.0. The van der Waals surface area contributed by atoms with E-state index in [0.717, 1.165) is 32.1 Å². The maximum absolute atomic E-state index is 12.7. The highest BCUT2D eigenvalue weighted by molar-refractivity contribution is 6.53. The first-order valence-electron chi connectivity index (χ1n) is 20.3. The molecular weight excluding hydrogens is 645 g/mol. The van der Waals surface area contributed by atoms with E-state index in [2.05, 4.69) is 60.7 Å². The van der Waals surface area contributed by atoms with E-state index in [9.17, 15) is 4.79 Å². The lowest BCUT2D eigenvalue weighted by atomic mass is 9.65. The molecule has 0 amide bonds. The number of hydrogen-bond acceptors (Lipinski definition) is 2. The second kappa shape index (κ2) is 6.84. The van der Waals surface area contributed by atoms with E-state index in [-0.39, 0.29) is 16.8 Å². The largest absolute Gasteiger partial charge is 0.469 e. The van der Waals surface area contributed by atoms with Gasteiger partial charge in [0.2, 0.25) is 0 Å². The predicted molar refractivity (Wildman–Crippen MR) is 211 cm³/mol. The lowest BCUT2D eigenvalue weighted by Gasteiger charge is -2.37. The van der Waals surface area contributed by atoms with Gasteiger partial charge in [-0.25, -0.2) is 0 Å². The average Bonchev–Trinajstić information content (AvgIpc) is 3.86. The number of benzene rings is 7. The zero-order valence-electron chi connectivity index (χ0n) is 29.2. The van der Waals surface area contributed by atoms with Crippen molar-refractivity contribution < 1.29 is 9.53 Å². The lowest BCUT2D eigenvalue weighted by Crippen LogP contribution is -2.28. The van der Waals surface area contributed by atoms with E-state index in [1.807, 2.05) is 0 Å². The van der Waals surface area contributed by atoms with Crippen LogP contribution in [0.5, 0.6) is 0 Å². The van der Waals surface area contributed by atoms with Crippen LogP contribution >= 0.6 is 0 Å². The minimum atomic E-state index is -0.0734. The molecule has 1 fully saturated rings. The Morgan fingerprint density at radius 3 is 2.09 bits per heavy atom. The molecule has 8 aromatic rings. The summed E-state index contributed by atoms with van der Waals surface area (Å²) in [5, 5.41) is 19.6. The molecular formula is C51H30O2. The highest BCUT2D eigenvalue weighted by Gasteiger charge is 2.83. The normalized spacial score (nSPS) is 31.9. The molecule has 7 atom stereocenters. The number of carbonyl (C=O) groups excluding carboxylic acids is 1. The summed E-state index contributed by atoms with van der Waals surface area (Å²) in [6.07, 6.45) is 14.1. The Kier molecular flexibility index (Phi) is 3.22. The quantitative estimate of drug-likeness (QED) is 0.134. The summed E-state index contributed by atoms with van der Waals surface area (Å²) < 4.78 is 5.24. The molecule has 10 aliphatic rings. The van der Waals surface area contributed by atoms with Crippen molar-refractivity contribution in [1.82, 2.24) is 0 Å². The Bertz CT molecular complexity index is 3480. The van der Waals surface area contributed by atoms with Crippen LogP contribution in [0.25, 0.3) is 81.4 Å². The Balaban J connectivity index is 1.11. The molecule has 0 bridgehead atoms. The first-order valence-corrected chi connectivity index (χ1v) is 20.3. The molecule has 1 spiro atoms. The van der Waals surface area contributed by atoms with E-state index in [1.165, 1.54) is 10.9 Å². The Labute approximate surface area is 303 Å². The van der Waals surface area contributed by atoms with Gasteiger partial charge in [0.05, 0.1) is 7.11 Å². The molecule has 10 aliphatic carbocycles. The smallest absolute Gasteiger partial charge is 0.305 e. The average molecular weight is 675 g/mol. The SMILES string of the molecule is COC(=O)CCCC1(c2ccccc2)C2C3C=C4Cc5cc6cc7c8c9c%10c%11c%12c%13c%14c(c%15c%12c%12c(c4c5c4c6c8c%11c%124)C%153)C21CC%14=CC(C=C9C7)C%13%10. The summed E-state index contributed by atoms with van der Waals surface area (Å²) in [4.78, 5) is 12.7. The van der Waals surface area contributed by atoms with Crippen LogP contribution in [0.15, 0.2) is 60.7 Å². The summed E-state index contributed by atoms with van der Waals surface area (Å²) in [6.45, 7) is 0. The van der Waals surface area contributed by atoms with Crippen molar-refractivity contribution in [3.05, 3.63) is 122 Å². The van der Waals surface area contributed by atoms with Gasteiger partial charge < -0.3 is 4.74 Å². The van der Waals surface area contributed by atoms with Gasteiger partial charge in [0.15, 0.2) is 0 Å². The van der Waals surface area contributed by atoms with Gasteiger partial charge >= 0.3 is 5.97 Å². The molecule has 18 rings (SSSR count). The zero-order chi connectivity index (χ0) is 33.5. The Hall–Kier alpha value is -5.21. The standard InChI is InChI=1S/C51H30O2/c1-53-27(52)8-5-9-50(25-6-3-2-4-7-25)49-26-16-23-14-20-12-21-11-18-10-19-13-22-15-24-17-51(49,50)48-34(24)39-33(22)38-29(19)28(18)36-32(21)37-30(20)31(23)40-35(26)47(48)46-44(39)42(38)41(36)43(37)45(40)46/h2-4,6-7,11-13,15-16,22,26,33,35,49H,5,8-10,14,17H2,1H3. The first-order chi connectivity index (χ1) is 26.2. The van der Waals surface area contributed by atoms with Gasteiger partial charge in [0.25, 0.3) is 0 Å². The van der Waals surface area contributed by atoms with Gasteiger partial charge in [0.1, 0.15) is 0 Å².